The highest BCUT2D eigenvalue weighted by atomic mass is 35.5. The lowest BCUT2D eigenvalue weighted by Gasteiger charge is -2.28. The summed E-state index contributed by atoms with van der Waals surface area (Å²) in [4.78, 5) is 15.0. The molecule has 1 fully saturated rings. The first kappa shape index (κ1) is 18.2. The van der Waals surface area contributed by atoms with E-state index in [9.17, 15) is 4.79 Å². The van der Waals surface area contributed by atoms with Crippen LogP contribution in [0.3, 0.4) is 0 Å². The molecule has 0 unspecified atom stereocenters. The Hall–Kier alpha value is -1.60. The summed E-state index contributed by atoms with van der Waals surface area (Å²) in [6, 6.07) is 7.20. The summed E-state index contributed by atoms with van der Waals surface area (Å²) in [6.07, 6.45) is 0. The highest BCUT2D eigenvalue weighted by Gasteiger charge is 2.25. The first-order valence-electron chi connectivity index (χ1n) is 8.34. The van der Waals surface area contributed by atoms with Crippen LogP contribution in [0.5, 0.6) is 0 Å². The lowest BCUT2D eigenvalue weighted by molar-refractivity contribution is -1.02. The zero-order valence-corrected chi connectivity index (χ0v) is 15.6. The molecule has 1 saturated heterocycles. The Kier molecular flexibility index (Phi) is 5.96. The van der Waals surface area contributed by atoms with Crippen LogP contribution in [-0.4, -0.2) is 43.8 Å². The summed E-state index contributed by atoms with van der Waals surface area (Å²) in [5.41, 5.74) is 1.55. The molecule has 1 aromatic carbocycles. The topological polar surface area (TPSA) is 64.0 Å². The van der Waals surface area contributed by atoms with Crippen LogP contribution in [0.1, 0.15) is 11.5 Å². The molecule has 3 N–H and O–H groups in total. The maximum atomic E-state index is 12.3. The Morgan fingerprint density at radius 2 is 1.96 bits per heavy atom. The van der Waals surface area contributed by atoms with Gasteiger partial charge in [0.05, 0.1) is 15.7 Å². The zero-order chi connectivity index (χ0) is 17.8. The van der Waals surface area contributed by atoms with Gasteiger partial charge in [0, 0.05) is 6.07 Å². The number of carbonyl (C=O) groups excluding carboxylic acids is 1. The minimum absolute atomic E-state index is 0.0465. The fourth-order valence-electron chi connectivity index (χ4n) is 3.09. The number of quaternary nitrogens is 2. The van der Waals surface area contributed by atoms with Gasteiger partial charge >= 0.3 is 0 Å². The van der Waals surface area contributed by atoms with Crippen molar-refractivity contribution in [2.45, 2.75) is 13.5 Å². The number of benzene rings is 1. The highest BCUT2D eigenvalue weighted by molar-refractivity contribution is 6.43. The molecule has 2 aromatic rings. The Balaban J connectivity index is 1.45. The monoisotopic (exact) mass is 384 g/mol. The van der Waals surface area contributed by atoms with Crippen molar-refractivity contribution in [2.24, 2.45) is 0 Å². The molecule has 134 valence electrons. The zero-order valence-electron chi connectivity index (χ0n) is 14.1. The lowest BCUT2D eigenvalue weighted by atomic mass is 10.2. The molecule has 1 amide bonds. The van der Waals surface area contributed by atoms with Gasteiger partial charge in [0.15, 0.2) is 6.54 Å². The molecule has 0 bridgehead atoms. The van der Waals surface area contributed by atoms with Gasteiger partial charge in [-0.1, -0.05) is 34.4 Å². The molecular formula is C17H22Cl2N4O2+2. The van der Waals surface area contributed by atoms with Crippen LogP contribution < -0.4 is 15.1 Å². The molecule has 2 heterocycles. The summed E-state index contributed by atoms with van der Waals surface area (Å²) in [6.45, 7) is 7.11. The fourth-order valence-corrected chi connectivity index (χ4v) is 3.44. The van der Waals surface area contributed by atoms with Gasteiger partial charge in [0.25, 0.3) is 5.91 Å². The van der Waals surface area contributed by atoms with Crippen LogP contribution in [0.15, 0.2) is 28.8 Å². The molecule has 0 spiro atoms. The molecule has 3 rings (SSSR count). The number of anilines is 1. The summed E-state index contributed by atoms with van der Waals surface area (Å²) in [5.74, 6) is 0.796. The highest BCUT2D eigenvalue weighted by Crippen LogP contribution is 2.29. The first-order chi connectivity index (χ1) is 12.0. The second-order valence-corrected chi connectivity index (χ2v) is 7.22. The third-order valence-corrected chi connectivity index (χ3v) is 5.23. The van der Waals surface area contributed by atoms with Crippen LogP contribution in [0.2, 0.25) is 10.0 Å². The molecular weight excluding hydrogens is 363 g/mol. The number of carbonyl (C=O) groups is 1. The average molecular weight is 385 g/mol. The number of amides is 1. The van der Waals surface area contributed by atoms with Gasteiger partial charge < -0.3 is 19.6 Å². The Labute approximate surface area is 156 Å². The molecule has 0 aliphatic carbocycles. The van der Waals surface area contributed by atoms with E-state index in [1.54, 1.807) is 18.2 Å². The van der Waals surface area contributed by atoms with Gasteiger partial charge in [-0.25, -0.2) is 0 Å². The number of aryl methyl sites for hydroxylation is 1. The van der Waals surface area contributed by atoms with E-state index in [0.29, 0.717) is 22.3 Å². The van der Waals surface area contributed by atoms with Gasteiger partial charge in [-0.3, -0.25) is 4.79 Å². The molecule has 0 saturated carbocycles. The lowest BCUT2D eigenvalue weighted by Crippen LogP contribution is -3.28. The maximum absolute atomic E-state index is 12.3. The van der Waals surface area contributed by atoms with E-state index in [0.717, 1.165) is 44.2 Å². The summed E-state index contributed by atoms with van der Waals surface area (Å²) in [5, 5.41) is 7.71. The average Bonchev–Trinajstić information content (AvgIpc) is 2.99. The van der Waals surface area contributed by atoms with E-state index in [1.165, 1.54) is 9.80 Å². The normalized spacial score (nSPS) is 20.4. The van der Waals surface area contributed by atoms with Gasteiger partial charge in [0.1, 0.15) is 44.2 Å². The van der Waals surface area contributed by atoms with Crippen molar-refractivity contribution < 1.29 is 19.1 Å². The van der Waals surface area contributed by atoms with Crippen LogP contribution in [0.4, 0.5) is 5.69 Å². The number of hydrogen-bond acceptors (Lipinski definition) is 3. The predicted molar refractivity (Wildman–Crippen MR) is 96.3 cm³/mol. The second-order valence-electron chi connectivity index (χ2n) is 6.43. The molecule has 0 radical (unpaired) electrons. The van der Waals surface area contributed by atoms with Crippen LogP contribution in [-0.2, 0) is 11.3 Å². The van der Waals surface area contributed by atoms with E-state index in [4.69, 9.17) is 27.7 Å². The number of piperazine rings is 1. The van der Waals surface area contributed by atoms with Gasteiger partial charge in [0.2, 0.25) is 0 Å². The molecule has 8 heteroatoms. The van der Waals surface area contributed by atoms with Crippen molar-refractivity contribution in [2.75, 3.05) is 38.0 Å². The van der Waals surface area contributed by atoms with Crippen molar-refractivity contribution in [3.8, 4) is 0 Å². The largest absolute Gasteiger partial charge is 0.361 e. The molecule has 0 atom stereocenters. The Morgan fingerprint density at radius 1 is 1.24 bits per heavy atom. The van der Waals surface area contributed by atoms with Crippen molar-refractivity contribution in [1.82, 2.24) is 5.16 Å². The Bertz CT molecular complexity index is 742. The van der Waals surface area contributed by atoms with E-state index >= 15 is 0 Å². The van der Waals surface area contributed by atoms with Gasteiger partial charge in [-0.05, 0) is 19.1 Å². The number of halogens is 2. The maximum Gasteiger partial charge on any atom is 0.279 e. The first-order valence-corrected chi connectivity index (χ1v) is 9.10. The quantitative estimate of drug-likeness (QED) is 0.690. The fraction of sp³-hybridized carbons (Fsp3) is 0.412. The Morgan fingerprint density at radius 3 is 2.64 bits per heavy atom. The summed E-state index contributed by atoms with van der Waals surface area (Å²) >= 11 is 12.1. The third kappa shape index (κ3) is 4.95. The second kappa shape index (κ2) is 8.19. The number of hydrogen-bond donors (Lipinski definition) is 3. The van der Waals surface area contributed by atoms with E-state index in [2.05, 4.69) is 10.5 Å². The summed E-state index contributed by atoms with van der Waals surface area (Å²) in [7, 11) is 0. The van der Waals surface area contributed by atoms with Crippen molar-refractivity contribution in [3.05, 3.63) is 45.8 Å². The van der Waals surface area contributed by atoms with Gasteiger partial charge in [-0.15, -0.1) is 0 Å². The van der Waals surface area contributed by atoms with Crippen molar-refractivity contribution >= 4 is 34.8 Å². The SMILES string of the molecule is Cc1cc(C[NH+]2CC[NH+](CC(=O)Nc3cccc(Cl)c3Cl)CC2)no1. The molecule has 1 aliphatic heterocycles. The van der Waals surface area contributed by atoms with Crippen molar-refractivity contribution in [1.29, 1.82) is 0 Å². The smallest absolute Gasteiger partial charge is 0.279 e. The molecule has 6 nitrogen and oxygen atoms in total. The van der Waals surface area contributed by atoms with E-state index in [-0.39, 0.29) is 5.91 Å². The molecule has 25 heavy (non-hydrogen) atoms. The summed E-state index contributed by atoms with van der Waals surface area (Å²) < 4.78 is 5.11. The predicted octanol–water partition coefficient (Wildman–Crippen LogP) is 0.212. The minimum atomic E-state index is -0.0465. The van der Waals surface area contributed by atoms with Crippen LogP contribution in [0.25, 0.3) is 0 Å². The number of aromatic nitrogens is 1. The number of nitrogens with one attached hydrogen (secondary N) is 3. The number of nitrogens with zero attached hydrogens (tertiary/aromatic N) is 1. The van der Waals surface area contributed by atoms with Crippen molar-refractivity contribution in [3.63, 3.8) is 0 Å². The van der Waals surface area contributed by atoms with Crippen LogP contribution >= 0.6 is 23.2 Å². The van der Waals surface area contributed by atoms with Crippen LogP contribution in [0, 0.1) is 6.92 Å². The molecule has 1 aliphatic rings. The molecule has 1 aromatic heterocycles. The minimum Gasteiger partial charge on any atom is -0.361 e. The standard InChI is InChI=1S/C17H20Cl2N4O2/c1-12-9-13(21-25-12)10-22-5-7-23(8-6-22)11-16(24)20-15-4-2-3-14(18)17(15)19/h2-4,9H,5-8,10-11H2,1H3,(H,20,24)/p+2. The third-order valence-electron chi connectivity index (χ3n) is 4.41. The van der Waals surface area contributed by atoms with Gasteiger partial charge in [-0.2, -0.15) is 0 Å². The van der Waals surface area contributed by atoms with E-state index in [1.807, 2.05) is 13.0 Å². The van der Waals surface area contributed by atoms with E-state index < -0.39 is 0 Å². The number of rotatable bonds is 5.